The van der Waals surface area contributed by atoms with Crippen molar-refractivity contribution in [1.29, 1.82) is 0 Å². The molecule has 6 saturated carbocycles. The van der Waals surface area contributed by atoms with Gasteiger partial charge in [-0.25, -0.2) is 43.2 Å². The number of hydrogen-bond acceptors (Lipinski definition) is 36. The summed E-state index contributed by atoms with van der Waals surface area (Å²) in [6.07, 6.45) is -18.8. The number of Topliss-reactive ketones (excluding diaryl/α,β-unsaturated/α-hetero) is 2. The molecular formula is C109H127N3O36. The fraction of sp³-hybridized carbons (Fsp3) is 0.532. The number of ketones is 2. The molecule has 0 radical (unpaired) electrons. The first kappa shape index (κ1) is 110. The lowest BCUT2D eigenvalue weighted by molar-refractivity contribution is -0.323. The van der Waals surface area contributed by atoms with E-state index < -0.39 is 286 Å². The largest absolute Gasteiger partial charge is 0.455 e. The van der Waals surface area contributed by atoms with Gasteiger partial charge in [0.1, 0.15) is 77.7 Å². The van der Waals surface area contributed by atoms with Crippen LogP contribution in [0.2, 0.25) is 0 Å². The highest BCUT2D eigenvalue weighted by Gasteiger charge is 2.87. The molecule has 0 aromatic heterocycles. The first-order valence-corrected chi connectivity index (χ1v) is 49.3. The lowest BCUT2D eigenvalue weighted by atomic mass is 9.48. The van der Waals surface area contributed by atoms with Crippen LogP contribution in [0.1, 0.15) is 225 Å². The maximum Gasteiger partial charge on any atom is 0.408 e. The van der Waals surface area contributed by atoms with Crippen molar-refractivity contribution in [2.45, 2.75) is 289 Å². The van der Waals surface area contributed by atoms with Crippen molar-refractivity contribution in [2.75, 3.05) is 33.0 Å². The number of carbonyl (C=O) groups is 17. The van der Waals surface area contributed by atoms with E-state index in [1.54, 1.807) is 192 Å². The van der Waals surface area contributed by atoms with Crippen LogP contribution in [-0.4, -0.2) is 239 Å². The van der Waals surface area contributed by atoms with Crippen molar-refractivity contribution < 1.29 is 172 Å². The van der Waals surface area contributed by atoms with E-state index in [2.05, 4.69) is 16.0 Å². The molecule has 39 heteroatoms. The van der Waals surface area contributed by atoms with E-state index >= 15 is 19.2 Å². The van der Waals surface area contributed by atoms with E-state index in [0.717, 1.165) is 19.4 Å². The summed E-state index contributed by atoms with van der Waals surface area (Å²) in [6.45, 7) is 22.8. The number of benzene rings is 5. The van der Waals surface area contributed by atoms with E-state index in [1.807, 2.05) is 6.07 Å². The van der Waals surface area contributed by atoms with Gasteiger partial charge in [-0.05, 0) is 163 Å². The Kier molecular flexibility index (Phi) is 32.1. The molecule has 39 nitrogen and oxygen atoms in total. The average molecular weight is 2060 g/mol. The second kappa shape index (κ2) is 43.2. The van der Waals surface area contributed by atoms with Gasteiger partial charge in [-0.15, -0.1) is 0 Å². The number of nitrogens with one attached hydrogen (secondary N) is 3. The molecule has 10 aliphatic rings. The Morgan fingerprint density at radius 1 is 0.439 bits per heavy atom. The predicted octanol–water partition coefficient (Wildman–Crippen LogP) is 11.2. The maximum absolute atomic E-state index is 15.8. The monoisotopic (exact) mass is 2050 g/mol. The summed E-state index contributed by atoms with van der Waals surface area (Å²) in [5, 5.41) is 35.5. The Bertz CT molecular complexity index is 6010. The van der Waals surface area contributed by atoms with Crippen LogP contribution in [-0.2, 0) is 145 Å². The van der Waals surface area contributed by atoms with Crippen molar-refractivity contribution >= 4 is 101 Å². The number of amides is 3. The van der Waals surface area contributed by atoms with Crippen molar-refractivity contribution in [3.63, 3.8) is 0 Å². The molecule has 2 spiro atoms. The molecule has 2 heterocycles. The van der Waals surface area contributed by atoms with Crippen molar-refractivity contribution in [3.8, 4) is 0 Å². The highest BCUT2D eigenvalue weighted by Crippen LogP contribution is 2.77. The maximum atomic E-state index is 15.8. The summed E-state index contributed by atoms with van der Waals surface area (Å²) in [7, 11) is 0. The van der Waals surface area contributed by atoms with Gasteiger partial charge in [0, 0.05) is 75.2 Å². The summed E-state index contributed by atoms with van der Waals surface area (Å²) in [6, 6.07) is 37.5. The Morgan fingerprint density at radius 3 is 1.14 bits per heavy atom. The normalized spacial score (nSPS) is 29.0. The van der Waals surface area contributed by atoms with Crippen LogP contribution in [0.5, 0.6) is 0 Å². The van der Waals surface area contributed by atoms with Gasteiger partial charge in [0.05, 0.1) is 42.6 Å². The Balaban J connectivity index is 0.000000236. The molecule has 8 fully saturated rings. The zero-order chi connectivity index (χ0) is 108. The highest BCUT2D eigenvalue weighted by molar-refractivity contribution is 6.00. The summed E-state index contributed by atoms with van der Waals surface area (Å²) >= 11 is 0. The second-order valence-electron chi connectivity index (χ2n) is 42.3. The molecule has 15 rings (SSSR count). The Labute approximate surface area is 854 Å². The molecule has 5 aromatic rings. The fourth-order valence-corrected chi connectivity index (χ4v) is 23.1. The van der Waals surface area contributed by atoms with Gasteiger partial charge in [-0.2, -0.15) is 0 Å². The first-order chi connectivity index (χ1) is 69.7. The minimum atomic E-state index is -2.40. The van der Waals surface area contributed by atoms with E-state index in [-0.39, 0.29) is 103 Å². The SMILES string of the molecule is CC(=O)O[C@H]1C(=O)[C@]23C[C@H]2C[C@H]2OC[C@@]2(OC(C)=O)[C@H]3[C@H](OC(=O)c2ccccc2)[C@]2(O)C[C@H](OC(=O)[C@H](OC(=O)COC(=O)CCNC(=O)OCc3ccccc3)[C@@H](NC(=O)OC(C)(C)C)c3ccccc3)C(C)=C1C2(C)C.CCCC(=O)OCC(=O)O[C@@H](C(=O)O[C@H]1C[C@@]2(O)[C@@H](OC(=O)c3ccccc3)[C@@H]3[C@]4(OC(C)=O)CO[C@@H]4C[C@@H]4C[C@@]43C(=O)[C@H](OC(C)=O)C(=C1C)C2(C)C)[C@@H](NC(=O)OC(C)(C)C)c1ccccc1. The van der Waals surface area contributed by atoms with Crippen LogP contribution in [0.3, 0.4) is 0 Å². The molecule has 2 aliphatic heterocycles. The topological polar surface area (TPSA) is 524 Å². The quantitative estimate of drug-likeness (QED) is 0.0156. The third-order valence-corrected chi connectivity index (χ3v) is 29.8. The van der Waals surface area contributed by atoms with Crippen LogP contribution in [0.4, 0.5) is 14.4 Å². The van der Waals surface area contributed by atoms with Gasteiger partial charge in [0.25, 0.3) is 0 Å². The Hall–Kier alpha value is -13.8. The van der Waals surface area contributed by atoms with E-state index in [1.165, 1.54) is 57.2 Å². The molecular weight excluding hydrogens is 1930 g/mol. The van der Waals surface area contributed by atoms with Crippen molar-refractivity contribution in [1.82, 2.24) is 16.0 Å². The molecule has 148 heavy (non-hydrogen) atoms. The van der Waals surface area contributed by atoms with Crippen molar-refractivity contribution in [2.24, 2.45) is 45.3 Å². The third-order valence-electron chi connectivity index (χ3n) is 29.8. The molecule has 0 unspecified atom stereocenters. The number of alkyl carbamates (subject to hydrolysis) is 3. The van der Waals surface area contributed by atoms with Gasteiger partial charge in [-0.3, -0.25) is 38.4 Å². The molecule has 3 amide bonds. The van der Waals surface area contributed by atoms with Crippen LogP contribution in [0.25, 0.3) is 0 Å². The van der Waals surface area contributed by atoms with Gasteiger partial charge in [0.15, 0.2) is 48.2 Å². The number of fused-ring (bicyclic) bond motifs is 8. The number of esters is 12. The van der Waals surface area contributed by atoms with E-state index in [9.17, 15) is 72.5 Å². The zero-order valence-electron chi connectivity index (χ0n) is 85.6. The summed E-state index contributed by atoms with van der Waals surface area (Å²) in [5.74, 6) is -16.4. The number of carbonyl (C=O) groups excluding carboxylic acids is 17. The van der Waals surface area contributed by atoms with Gasteiger partial charge < -0.3 is 107 Å². The van der Waals surface area contributed by atoms with Crippen LogP contribution in [0.15, 0.2) is 174 Å². The summed E-state index contributed by atoms with van der Waals surface area (Å²) in [4.78, 5) is 235. The molecule has 5 aromatic carbocycles. The summed E-state index contributed by atoms with van der Waals surface area (Å²) < 4.78 is 100. The van der Waals surface area contributed by atoms with Gasteiger partial charge in [0.2, 0.25) is 12.2 Å². The van der Waals surface area contributed by atoms with Gasteiger partial charge in [-0.1, -0.05) is 162 Å². The minimum Gasteiger partial charge on any atom is -0.455 e. The summed E-state index contributed by atoms with van der Waals surface area (Å²) in [5.41, 5.74) is -14.6. The van der Waals surface area contributed by atoms with E-state index in [4.69, 9.17) is 80.5 Å². The molecule has 2 saturated heterocycles. The fourth-order valence-electron chi connectivity index (χ4n) is 23.1. The van der Waals surface area contributed by atoms with Crippen LogP contribution in [0, 0.1) is 45.3 Å². The molecule has 794 valence electrons. The number of aliphatic hydroxyl groups is 2. The number of hydrogen-bond donors (Lipinski definition) is 5. The predicted molar refractivity (Wildman–Crippen MR) is 513 cm³/mol. The lowest BCUT2D eigenvalue weighted by Gasteiger charge is -2.64. The molecule has 22 atom stereocenters. The Morgan fingerprint density at radius 2 is 0.797 bits per heavy atom. The smallest absolute Gasteiger partial charge is 0.408 e. The lowest BCUT2D eigenvalue weighted by Crippen LogP contribution is -2.78. The number of ether oxygens (including phenoxy) is 17. The molecule has 8 aliphatic carbocycles. The van der Waals surface area contributed by atoms with E-state index in [0.29, 0.717) is 6.42 Å². The van der Waals surface area contributed by atoms with Crippen LogP contribution >= 0.6 is 0 Å². The van der Waals surface area contributed by atoms with Gasteiger partial charge >= 0.3 is 89.9 Å². The highest BCUT2D eigenvalue weighted by atomic mass is 16.7. The standard InChI is InChI=1S/C58H66N2O19.C51H61NO17/c1-32-39(75-51(67)46(44(36-20-14-10-15-21-36)60-53(69)79-54(4,5)6)76-42(64)30-71-41(63)24-25-59-52(68)72-29-35-18-12-9-13-19-35)28-58(70)49(77-50(66)37-22-16-11-17-23-37)47-56(48(65)45(74-33(2)61)43(32)55(58,7)8)27-38(56)26-40-57(47,31-73-40)78-34(3)62;1-10-17-35(55)62-25-36(56)66-40(38(30-18-13-11-14-19-30)52-46(60)69-47(5,6)7)45(59)65-33-24-51(61)43(67-44(58)31-20-15-12-16-21-31)41-49(23-32(49)22-34-50(41,26-63-34)68-29(4)54)42(57)39(64-28(3)53)37(27(33)2)48(51,8)9/h9-23,38-40,44-47,49,70H,24-31H2,1-8H3,(H,59,68)(H,60,69);11-16,18-21,32-34,38-41,43,61H,10,17,22-26H2,1-9H3,(H,52,60)/t38-,39+,40-,44+,45-,46-,47+,49+,56-,57+,58-;32-,33+,34-,38+,39-,40-,41+,43+,49-,50+,51-/m11/s1. The first-order valence-electron chi connectivity index (χ1n) is 49.3. The molecule has 4 bridgehead atoms. The van der Waals surface area contributed by atoms with Crippen LogP contribution < -0.4 is 16.0 Å². The van der Waals surface area contributed by atoms with Crippen molar-refractivity contribution in [3.05, 3.63) is 202 Å². The average Bonchev–Trinajstić information content (AvgIpc) is 1.47. The second-order valence-corrected chi connectivity index (χ2v) is 42.3. The number of rotatable bonds is 31. The molecule has 5 N–H and O–H groups in total. The minimum absolute atomic E-state index is 0.00270. The zero-order valence-corrected chi connectivity index (χ0v) is 85.6. The third kappa shape index (κ3) is 22.2.